The van der Waals surface area contributed by atoms with Crippen molar-refractivity contribution >= 4 is 8.32 Å². The number of hydrogen-bond donors (Lipinski definition) is 1. The molecule has 2 N–H and O–H groups in total. The highest BCUT2D eigenvalue weighted by Gasteiger charge is 2.36. The van der Waals surface area contributed by atoms with Gasteiger partial charge in [0.05, 0.1) is 0 Å². The first-order chi connectivity index (χ1) is 9.26. The largest absolute Gasteiger partial charge is 0.417 e. The standard InChI is InChI=1S/C17H31NOSi/c1-17(2,3)20(4,5)19-13-7-6-8-15-9-11-16(14-18)12-10-15/h9-12H,6-8,13-14,18H2,1-5H3. The highest BCUT2D eigenvalue weighted by atomic mass is 28.4. The summed E-state index contributed by atoms with van der Waals surface area (Å²) in [6.45, 7) is 13.0. The Morgan fingerprint density at radius 3 is 2.05 bits per heavy atom. The van der Waals surface area contributed by atoms with Crippen LogP contribution in [-0.2, 0) is 17.4 Å². The van der Waals surface area contributed by atoms with E-state index in [-0.39, 0.29) is 0 Å². The fourth-order valence-electron chi connectivity index (χ4n) is 1.82. The maximum atomic E-state index is 6.19. The summed E-state index contributed by atoms with van der Waals surface area (Å²) in [4.78, 5) is 0. The van der Waals surface area contributed by atoms with Crippen LogP contribution in [0, 0.1) is 0 Å². The van der Waals surface area contributed by atoms with Crippen LogP contribution in [0.3, 0.4) is 0 Å². The Morgan fingerprint density at radius 2 is 1.55 bits per heavy atom. The van der Waals surface area contributed by atoms with Crippen LogP contribution in [0.2, 0.25) is 18.1 Å². The van der Waals surface area contributed by atoms with Crippen LogP contribution >= 0.6 is 0 Å². The van der Waals surface area contributed by atoms with E-state index in [1.54, 1.807) is 0 Å². The molecule has 20 heavy (non-hydrogen) atoms. The third-order valence-electron chi connectivity index (χ3n) is 4.39. The van der Waals surface area contributed by atoms with Crippen molar-refractivity contribution in [1.29, 1.82) is 0 Å². The molecule has 0 aliphatic carbocycles. The minimum atomic E-state index is -1.56. The highest BCUT2D eigenvalue weighted by molar-refractivity contribution is 6.74. The molecule has 1 aromatic rings. The van der Waals surface area contributed by atoms with E-state index < -0.39 is 8.32 Å². The van der Waals surface area contributed by atoms with Crippen molar-refractivity contribution in [1.82, 2.24) is 0 Å². The topological polar surface area (TPSA) is 35.2 Å². The van der Waals surface area contributed by atoms with Gasteiger partial charge in [0, 0.05) is 13.2 Å². The van der Waals surface area contributed by atoms with Gasteiger partial charge in [0.25, 0.3) is 0 Å². The molecule has 0 aliphatic rings. The molecule has 0 bridgehead atoms. The molecule has 0 aromatic heterocycles. The fraction of sp³-hybridized carbons (Fsp3) is 0.647. The molecular weight excluding hydrogens is 262 g/mol. The molecule has 0 amide bonds. The molecule has 0 unspecified atom stereocenters. The normalized spacial score (nSPS) is 12.7. The molecule has 0 heterocycles. The Morgan fingerprint density at radius 1 is 1.00 bits per heavy atom. The molecule has 0 atom stereocenters. The lowest BCUT2D eigenvalue weighted by Crippen LogP contribution is -2.40. The molecule has 114 valence electrons. The molecule has 3 heteroatoms. The number of nitrogens with two attached hydrogens (primary N) is 1. The zero-order valence-electron chi connectivity index (χ0n) is 13.8. The second kappa shape index (κ2) is 7.39. The van der Waals surface area contributed by atoms with E-state index in [1.165, 1.54) is 17.5 Å². The number of benzene rings is 1. The van der Waals surface area contributed by atoms with Gasteiger partial charge in [0.2, 0.25) is 0 Å². The molecule has 0 radical (unpaired) electrons. The zero-order chi connectivity index (χ0) is 15.2. The van der Waals surface area contributed by atoms with E-state index in [2.05, 4.69) is 58.1 Å². The van der Waals surface area contributed by atoms with Crippen LogP contribution < -0.4 is 5.73 Å². The first-order valence-electron chi connectivity index (χ1n) is 7.68. The minimum absolute atomic E-state index is 0.311. The third-order valence-corrected chi connectivity index (χ3v) is 8.93. The van der Waals surface area contributed by atoms with E-state index in [9.17, 15) is 0 Å². The maximum absolute atomic E-state index is 6.19. The number of unbranched alkanes of at least 4 members (excludes halogenated alkanes) is 1. The Bertz CT molecular complexity index is 392. The summed E-state index contributed by atoms with van der Waals surface area (Å²) in [6, 6.07) is 8.64. The van der Waals surface area contributed by atoms with Crippen LogP contribution in [0.15, 0.2) is 24.3 Å². The van der Waals surface area contributed by atoms with Gasteiger partial charge in [-0.05, 0) is 48.5 Å². The van der Waals surface area contributed by atoms with Crippen LogP contribution in [0.5, 0.6) is 0 Å². The summed E-state index contributed by atoms with van der Waals surface area (Å²) in [5.41, 5.74) is 8.20. The first kappa shape index (κ1) is 17.4. The van der Waals surface area contributed by atoms with Crippen molar-refractivity contribution in [3.8, 4) is 0 Å². The van der Waals surface area contributed by atoms with Gasteiger partial charge in [-0.25, -0.2) is 0 Å². The first-order valence-corrected chi connectivity index (χ1v) is 10.6. The van der Waals surface area contributed by atoms with Crippen molar-refractivity contribution in [2.75, 3.05) is 6.61 Å². The van der Waals surface area contributed by atoms with Gasteiger partial charge in [-0.2, -0.15) is 0 Å². The summed E-state index contributed by atoms with van der Waals surface area (Å²) in [5.74, 6) is 0. The van der Waals surface area contributed by atoms with E-state index in [4.69, 9.17) is 10.2 Å². The molecule has 0 aliphatic heterocycles. The van der Waals surface area contributed by atoms with Crippen molar-refractivity contribution in [3.63, 3.8) is 0 Å². The van der Waals surface area contributed by atoms with E-state index in [1.807, 2.05) is 0 Å². The molecule has 0 saturated heterocycles. The molecular formula is C17H31NOSi. The van der Waals surface area contributed by atoms with Gasteiger partial charge in [-0.3, -0.25) is 0 Å². The lowest BCUT2D eigenvalue weighted by Gasteiger charge is -2.36. The molecule has 0 fully saturated rings. The second-order valence-electron chi connectivity index (χ2n) is 7.09. The fourth-order valence-corrected chi connectivity index (χ4v) is 2.90. The Labute approximate surface area is 125 Å². The van der Waals surface area contributed by atoms with Gasteiger partial charge in [-0.15, -0.1) is 0 Å². The van der Waals surface area contributed by atoms with Crippen LogP contribution in [0.4, 0.5) is 0 Å². The minimum Gasteiger partial charge on any atom is -0.417 e. The van der Waals surface area contributed by atoms with E-state index >= 15 is 0 Å². The molecule has 1 rings (SSSR count). The zero-order valence-corrected chi connectivity index (χ0v) is 14.8. The lowest BCUT2D eigenvalue weighted by atomic mass is 10.1. The summed E-state index contributed by atoms with van der Waals surface area (Å²) in [6.07, 6.45) is 3.47. The van der Waals surface area contributed by atoms with Crippen molar-refractivity contribution in [2.24, 2.45) is 5.73 Å². The van der Waals surface area contributed by atoms with Crippen molar-refractivity contribution in [2.45, 2.75) is 64.7 Å². The molecule has 2 nitrogen and oxygen atoms in total. The maximum Gasteiger partial charge on any atom is 0.191 e. The van der Waals surface area contributed by atoms with Gasteiger partial charge in [0.1, 0.15) is 0 Å². The molecule has 0 saturated carbocycles. The predicted octanol–water partition coefficient (Wildman–Crippen LogP) is 4.49. The van der Waals surface area contributed by atoms with Gasteiger partial charge >= 0.3 is 0 Å². The number of rotatable bonds is 7. The van der Waals surface area contributed by atoms with Crippen LogP contribution in [-0.4, -0.2) is 14.9 Å². The summed E-state index contributed by atoms with van der Waals surface area (Å²) >= 11 is 0. The Balaban J connectivity index is 2.25. The van der Waals surface area contributed by atoms with Gasteiger partial charge < -0.3 is 10.2 Å². The van der Waals surface area contributed by atoms with Crippen molar-refractivity contribution < 1.29 is 4.43 Å². The van der Waals surface area contributed by atoms with Gasteiger partial charge in [-0.1, -0.05) is 45.0 Å². The quantitative estimate of drug-likeness (QED) is 0.594. The molecule has 1 aromatic carbocycles. The Kier molecular flexibility index (Phi) is 6.43. The SMILES string of the molecule is CC(C)(C)[Si](C)(C)OCCCCc1ccc(CN)cc1. The molecule has 0 spiro atoms. The van der Waals surface area contributed by atoms with E-state index in [0.717, 1.165) is 19.4 Å². The van der Waals surface area contributed by atoms with Crippen molar-refractivity contribution in [3.05, 3.63) is 35.4 Å². The number of hydrogen-bond acceptors (Lipinski definition) is 2. The summed E-state index contributed by atoms with van der Waals surface area (Å²) in [5, 5.41) is 0.311. The number of aryl methyl sites for hydroxylation is 1. The highest BCUT2D eigenvalue weighted by Crippen LogP contribution is 2.36. The summed E-state index contributed by atoms with van der Waals surface area (Å²) in [7, 11) is -1.56. The average Bonchev–Trinajstić information content (AvgIpc) is 2.37. The Hall–Kier alpha value is -0.643. The second-order valence-corrected chi connectivity index (χ2v) is 11.9. The van der Waals surface area contributed by atoms with Gasteiger partial charge in [0.15, 0.2) is 8.32 Å². The van der Waals surface area contributed by atoms with Crippen LogP contribution in [0.25, 0.3) is 0 Å². The third kappa shape index (κ3) is 5.39. The lowest BCUT2D eigenvalue weighted by molar-refractivity contribution is 0.279. The summed E-state index contributed by atoms with van der Waals surface area (Å²) < 4.78 is 6.19. The van der Waals surface area contributed by atoms with Crippen LogP contribution in [0.1, 0.15) is 44.7 Å². The predicted molar refractivity (Wildman–Crippen MR) is 90.4 cm³/mol. The van der Waals surface area contributed by atoms with E-state index in [0.29, 0.717) is 11.6 Å². The average molecular weight is 294 g/mol. The monoisotopic (exact) mass is 293 g/mol. The smallest absolute Gasteiger partial charge is 0.191 e.